The molecular weight excluding hydrogens is 252 g/mol. The smallest absolute Gasteiger partial charge is 0.234 e. The van der Waals surface area contributed by atoms with Crippen LogP contribution in [0.1, 0.15) is 32.1 Å². The summed E-state index contributed by atoms with van der Waals surface area (Å²) < 4.78 is 0. The molecule has 2 aliphatic carbocycles. The largest absolute Gasteiger partial charge is 0.286 e. The fourth-order valence-corrected chi connectivity index (χ4v) is 4.58. The maximum atomic E-state index is 12.6. The van der Waals surface area contributed by atoms with Gasteiger partial charge in [0.05, 0.1) is 18.5 Å². The van der Waals surface area contributed by atoms with Gasteiger partial charge in [0.15, 0.2) is 0 Å². The summed E-state index contributed by atoms with van der Waals surface area (Å²) in [5.41, 5.74) is 0. The Bertz CT molecular complexity index is 435. The van der Waals surface area contributed by atoms with E-state index in [-0.39, 0.29) is 23.7 Å². The lowest BCUT2D eigenvalue weighted by molar-refractivity contribution is -0.143. The molecule has 4 aliphatic rings. The zero-order valence-corrected chi connectivity index (χ0v) is 11.8. The number of likely N-dealkylation sites (tertiary alicyclic amines) is 2. The highest BCUT2D eigenvalue weighted by molar-refractivity contribution is 6.06. The van der Waals surface area contributed by atoms with E-state index >= 15 is 0 Å². The van der Waals surface area contributed by atoms with E-state index in [9.17, 15) is 9.59 Å². The highest BCUT2D eigenvalue weighted by Crippen LogP contribution is 2.52. The third kappa shape index (κ3) is 1.77. The molecule has 0 N–H and O–H groups in total. The number of carbonyl (C=O) groups excluding carboxylic acids is 2. The van der Waals surface area contributed by atoms with Gasteiger partial charge >= 0.3 is 0 Å². The topological polar surface area (TPSA) is 40.6 Å². The Morgan fingerprint density at radius 2 is 1.45 bits per heavy atom. The first-order valence-electron chi connectivity index (χ1n) is 8.01. The van der Waals surface area contributed by atoms with E-state index in [4.69, 9.17) is 0 Å². The summed E-state index contributed by atoms with van der Waals surface area (Å²) in [5, 5.41) is 0. The summed E-state index contributed by atoms with van der Waals surface area (Å²) in [7, 11) is 0. The minimum absolute atomic E-state index is 0.0375. The second-order valence-electron chi connectivity index (χ2n) is 6.78. The van der Waals surface area contributed by atoms with Gasteiger partial charge in [-0.15, -0.1) is 0 Å². The van der Waals surface area contributed by atoms with E-state index in [1.54, 1.807) is 4.90 Å². The van der Waals surface area contributed by atoms with Crippen LogP contribution < -0.4 is 0 Å². The van der Waals surface area contributed by atoms with Crippen LogP contribution in [0, 0.1) is 23.7 Å². The summed E-state index contributed by atoms with van der Waals surface area (Å²) >= 11 is 0. The monoisotopic (exact) mass is 274 g/mol. The Hall–Kier alpha value is -1.16. The van der Waals surface area contributed by atoms with Crippen molar-refractivity contribution in [3.63, 3.8) is 0 Å². The average Bonchev–Trinajstić information content (AvgIpc) is 3.04. The van der Waals surface area contributed by atoms with E-state index in [1.165, 1.54) is 25.7 Å². The molecule has 0 radical (unpaired) electrons. The maximum absolute atomic E-state index is 12.6. The number of carbonyl (C=O) groups is 2. The van der Waals surface area contributed by atoms with Crippen molar-refractivity contribution in [2.45, 2.75) is 32.1 Å². The lowest BCUT2D eigenvalue weighted by Crippen LogP contribution is -2.43. The van der Waals surface area contributed by atoms with Crippen molar-refractivity contribution in [3.05, 3.63) is 12.2 Å². The molecule has 4 heteroatoms. The van der Waals surface area contributed by atoms with Crippen LogP contribution >= 0.6 is 0 Å². The summed E-state index contributed by atoms with van der Waals surface area (Å²) in [6.07, 6.45) is 10.3. The molecular formula is C16H22N2O2. The van der Waals surface area contributed by atoms with Gasteiger partial charge in [-0.25, -0.2) is 0 Å². The number of rotatable bonds is 2. The second-order valence-corrected chi connectivity index (χ2v) is 6.78. The van der Waals surface area contributed by atoms with Gasteiger partial charge in [0, 0.05) is 0 Å². The van der Waals surface area contributed by atoms with Crippen LogP contribution in [0.4, 0.5) is 0 Å². The molecule has 4 atom stereocenters. The number of allylic oxidation sites excluding steroid dienone is 2. The van der Waals surface area contributed by atoms with Crippen LogP contribution in [-0.2, 0) is 9.59 Å². The van der Waals surface area contributed by atoms with Gasteiger partial charge in [0.2, 0.25) is 11.8 Å². The number of amides is 2. The second kappa shape index (κ2) is 4.69. The van der Waals surface area contributed by atoms with Gasteiger partial charge in [-0.3, -0.25) is 19.4 Å². The first kappa shape index (κ1) is 12.6. The summed E-state index contributed by atoms with van der Waals surface area (Å²) in [6.45, 7) is 2.58. The van der Waals surface area contributed by atoms with Crippen molar-refractivity contribution in [1.29, 1.82) is 0 Å². The number of hydrogen-bond donors (Lipinski definition) is 0. The van der Waals surface area contributed by atoms with Crippen molar-refractivity contribution in [2.75, 3.05) is 19.8 Å². The summed E-state index contributed by atoms with van der Waals surface area (Å²) in [6, 6.07) is 0. The Kier molecular flexibility index (Phi) is 2.95. The van der Waals surface area contributed by atoms with E-state index in [0.717, 1.165) is 19.5 Å². The molecule has 4 nitrogen and oxygen atoms in total. The van der Waals surface area contributed by atoms with E-state index < -0.39 is 0 Å². The molecule has 4 rings (SSSR count). The van der Waals surface area contributed by atoms with Crippen LogP contribution in [0.25, 0.3) is 0 Å². The highest BCUT2D eigenvalue weighted by Gasteiger charge is 2.59. The molecule has 2 amide bonds. The third-order valence-electron chi connectivity index (χ3n) is 5.60. The SMILES string of the molecule is O=C1[C@@H]2[C@@H](C(=O)N1CN1CCCCCC1)[C@H]1C=C[C@H]2C1. The van der Waals surface area contributed by atoms with Crippen LogP contribution in [0.3, 0.4) is 0 Å². The molecule has 1 saturated carbocycles. The van der Waals surface area contributed by atoms with Gasteiger partial charge in [-0.1, -0.05) is 25.0 Å². The Morgan fingerprint density at radius 3 is 2.00 bits per heavy atom. The minimum Gasteiger partial charge on any atom is -0.286 e. The van der Waals surface area contributed by atoms with Crippen LogP contribution in [0.5, 0.6) is 0 Å². The molecule has 108 valence electrons. The molecule has 3 fully saturated rings. The molecule has 2 saturated heterocycles. The highest BCUT2D eigenvalue weighted by atomic mass is 16.2. The first-order chi connectivity index (χ1) is 9.75. The lowest BCUT2D eigenvalue weighted by Gasteiger charge is -2.26. The minimum atomic E-state index is -0.0375. The normalized spacial score (nSPS) is 40.5. The van der Waals surface area contributed by atoms with Crippen LogP contribution in [-0.4, -0.2) is 41.4 Å². The van der Waals surface area contributed by atoms with Gasteiger partial charge in [0.1, 0.15) is 0 Å². The molecule has 2 heterocycles. The van der Waals surface area contributed by atoms with Crippen molar-refractivity contribution in [3.8, 4) is 0 Å². The molecule has 0 aromatic heterocycles. The molecule has 0 aromatic carbocycles. The van der Waals surface area contributed by atoms with Gasteiger partial charge in [0.25, 0.3) is 0 Å². The molecule has 0 spiro atoms. The number of nitrogens with zero attached hydrogens (tertiary/aromatic N) is 2. The van der Waals surface area contributed by atoms with Gasteiger partial charge < -0.3 is 0 Å². The van der Waals surface area contributed by atoms with E-state index in [1.807, 2.05) is 0 Å². The quantitative estimate of drug-likeness (QED) is 0.567. The van der Waals surface area contributed by atoms with Crippen molar-refractivity contribution < 1.29 is 9.59 Å². The zero-order chi connectivity index (χ0) is 13.7. The van der Waals surface area contributed by atoms with Crippen molar-refractivity contribution in [2.24, 2.45) is 23.7 Å². The molecule has 2 aliphatic heterocycles. The Morgan fingerprint density at radius 1 is 0.900 bits per heavy atom. The van der Waals surface area contributed by atoms with Gasteiger partial charge in [-0.05, 0) is 44.2 Å². The Labute approximate surface area is 119 Å². The maximum Gasteiger partial charge on any atom is 0.234 e. The van der Waals surface area contributed by atoms with E-state index in [2.05, 4.69) is 17.1 Å². The predicted octanol–water partition coefficient (Wildman–Crippen LogP) is 1.63. The lowest BCUT2D eigenvalue weighted by atomic mass is 9.85. The fraction of sp³-hybridized carbons (Fsp3) is 0.750. The molecule has 20 heavy (non-hydrogen) atoms. The number of hydrogen-bond acceptors (Lipinski definition) is 3. The predicted molar refractivity (Wildman–Crippen MR) is 74.5 cm³/mol. The van der Waals surface area contributed by atoms with Crippen LogP contribution in [0.2, 0.25) is 0 Å². The van der Waals surface area contributed by atoms with E-state index in [0.29, 0.717) is 18.5 Å². The van der Waals surface area contributed by atoms with Crippen LogP contribution in [0.15, 0.2) is 12.2 Å². The molecule has 0 aromatic rings. The van der Waals surface area contributed by atoms with Gasteiger partial charge in [-0.2, -0.15) is 0 Å². The average molecular weight is 274 g/mol. The molecule has 2 bridgehead atoms. The number of fused-ring (bicyclic) bond motifs is 5. The summed E-state index contributed by atoms with van der Waals surface area (Å²) in [5.74, 6) is 0.780. The fourth-order valence-electron chi connectivity index (χ4n) is 4.58. The van der Waals surface area contributed by atoms with Crippen molar-refractivity contribution in [1.82, 2.24) is 9.80 Å². The summed E-state index contributed by atoms with van der Waals surface area (Å²) in [4.78, 5) is 29.0. The third-order valence-corrected chi connectivity index (χ3v) is 5.60. The molecule has 0 unspecified atom stereocenters. The van der Waals surface area contributed by atoms with Crippen molar-refractivity contribution >= 4 is 11.8 Å². The standard InChI is InChI=1S/C16H22N2O2/c19-15-13-11-5-6-12(9-11)14(13)16(20)18(15)10-17-7-3-1-2-4-8-17/h5-6,11-14H,1-4,7-10H2/t11-,12-,13-,14-/m0/s1. The number of imide groups is 1. The Balaban J connectivity index is 1.50. The zero-order valence-electron chi connectivity index (χ0n) is 11.8. The first-order valence-corrected chi connectivity index (χ1v) is 8.01.